The van der Waals surface area contributed by atoms with Crippen molar-refractivity contribution in [2.24, 2.45) is 5.92 Å². The van der Waals surface area contributed by atoms with Crippen LogP contribution in [0.15, 0.2) is 18.2 Å². The standard InChI is InChI=1S/C17H25F3O/c1-12(2)7-6-8-13-11-14(21-17(18,19)20)9-10-15(13)16(3,4)5/h9-12H,6-8H2,1-5H3. The summed E-state index contributed by atoms with van der Waals surface area (Å²) in [5, 5.41) is 0. The summed E-state index contributed by atoms with van der Waals surface area (Å²) >= 11 is 0. The van der Waals surface area contributed by atoms with Gasteiger partial charge in [-0.15, -0.1) is 13.2 Å². The van der Waals surface area contributed by atoms with Gasteiger partial charge in [-0.1, -0.05) is 47.1 Å². The predicted molar refractivity (Wildman–Crippen MR) is 79.6 cm³/mol. The molecule has 1 aromatic rings. The first-order valence-corrected chi connectivity index (χ1v) is 7.38. The highest BCUT2D eigenvalue weighted by Gasteiger charge is 2.31. The lowest BCUT2D eigenvalue weighted by Gasteiger charge is -2.24. The van der Waals surface area contributed by atoms with Crippen molar-refractivity contribution in [3.8, 4) is 5.75 Å². The van der Waals surface area contributed by atoms with E-state index in [2.05, 4.69) is 39.4 Å². The second kappa shape index (κ2) is 6.71. The summed E-state index contributed by atoms with van der Waals surface area (Å²) in [6.45, 7) is 10.5. The Labute approximate surface area is 125 Å². The van der Waals surface area contributed by atoms with E-state index in [1.165, 1.54) is 12.1 Å². The number of alkyl halides is 3. The molecule has 1 aromatic carbocycles. The summed E-state index contributed by atoms with van der Waals surface area (Å²) in [5.74, 6) is 0.466. The molecule has 0 radical (unpaired) electrons. The molecule has 0 N–H and O–H groups in total. The lowest BCUT2D eigenvalue weighted by atomic mass is 9.82. The highest BCUT2D eigenvalue weighted by atomic mass is 19.4. The normalized spacial score (nSPS) is 12.8. The molecule has 0 heterocycles. The van der Waals surface area contributed by atoms with Crippen LogP contribution in [0.3, 0.4) is 0 Å². The van der Waals surface area contributed by atoms with E-state index in [0.717, 1.165) is 30.4 Å². The molecule has 0 aromatic heterocycles. The Morgan fingerprint density at radius 2 is 1.71 bits per heavy atom. The van der Waals surface area contributed by atoms with Gasteiger partial charge >= 0.3 is 6.36 Å². The van der Waals surface area contributed by atoms with Crippen LogP contribution in [0.25, 0.3) is 0 Å². The minimum atomic E-state index is -4.64. The predicted octanol–water partition coefficient (Wildman–Crippen LogP) is 5.86. The molecule has 0 bridgehead atoms. The number of benzene rings is 1. The molecule has 1 rings (SSSR count). The van der Waals surface area contributed by atoms with Crippen LogP contribution < -0.4 is 4.74 Å². The number of ether oxygens (including phenoxy) is 1. The van der Waals surface area contributed by atoms with Crippen LogP contribution in [-0.4, -0.2) is 6.36 Å². The zero-order valence-corrected chi connectivity index (χ0v) is 13.5. The van der Waals surface area contributed by atoms with Gasteiger partial charge in [-0.05, 0) is 47.4 Å². The van der Waals surface area contributed by atoms with E-state index in [9.17, 15) is 13.2 Å². The first-order chi connectivity index (χ1) is 9.49. The maximum Gasteiger partial charge on any atom is 0.573 e. The molecule has 4 heteroatoms. The Balaban J connectivity index is 2.99. The third-order valence-electron chi connectivity index (χ3n) is 3.35. The van der Waals surface area contributed by atoms with Gasteiger partial charge < -0.3 is 4.74 Å². The van der Waals surface area contributed by atoms with Crippen LogP contribution in [0.5, 0.6) is 5.75 Å². The van der Waals surface area contributed by atoms with Gasteiger partial charge in [0.1, 0.15) is 5.75 Å². The first kappa shape index (κ1) is 17.9. The van der Waals surface area contributed by atoms with Gasteiger partial charge in [-0.25, -0.2) is 0 Å². The fraction of sp³-hybridized carbons (Fsp3) is 0.647. The van der Waals surface area contributed by atoms with Crippen molar-refractivity contribution >= 4 is 0 Å². The molecule has 0 spiro atoms. The Bertz CT molecular complexity index is 456. The smallest absolute Gasteiger partial charge is 0.406 e. The van der Waals surface area contributed by atoms with Crippen LogP contribution in [0, 0.1) is 5.92 Å². The van der Waals surface area contributed by atoms with Gasteiger partial charge in [0.05, 0.1) is 0 Å². The number of rotatable bonds is 5. The van der Waals surface area contributed by atoms with Crippen molar-refractivity contribution in [3.05, 3.63) is 29.3 Å². The second-order valence-electron chi connectivity index (χ2n) is 6.90. The van der Waals surface area contributed by atoms with E-state index in [4.69, 9.17) is 0 Å². The lowest BCUT2D eigenvalue weighted by Crippen LogP contribution is -2.18. The third kappa shape index (κ3) is 6.40. The Kier molecular flexibility index (Phi) is 5.71. The summed E-state index contributed by atoms with van der Waals surface area (Å²) < 4.78 is 41.1. The molecule has 0 atom stereocenters. The summed E-state index contributed by atoms with van der Waals surface area (Å²) in [4.78, 5) is 0. The second-order valence-corrected chi connectivity index (χ2v) is 6.90. The minimum Gasteiger partial charge on any atom is -0.406 e. The van der Waals surface area contributed by atoms with E-state index >= 15 is 0 Å². The molecule has 0 saturated carbocycles. The van der Waals surface area contributed by atoms with E-state index in [1.54, 1.807) is 6.07 Å². The zero-order chi connectivity index (χ0) is 16.3. The average Bonchev–Trinajstić information content (AvgIpc) is 2.24. The molecule has 0 amide bonds. The maximum absolute atomic E-state index is 12.3. The van der Waals surface area contributed by atoms with Crippen LogP contribution in [-0.2, 0) is 11.8 Å². The summed E-state index contributed by atoms with van der Waals surface area (Å²) in [6, 6.07) is 4.69. The van der Waals surface area contributed by atoms with Gasteiger partial charge in [0.2, 0.25) is 0 Å². The maximum atomic E-state index is 12.3. The molecular weight excluding hydrogens is 277 g/mol. The number of halogens is 3. The zero-order valence-electron chi connectivity index (χ0n) is 13.5. The van der Waals surface area contributed by atoms with E-state index in [0.29, 0.717) is 5.92 Å². The molecule has 0 aliphatic heterocycles. The average molecular weight is 302 g/mol. The summed E-state index contributed by atoms with van der Waals surface area (Å²) in [5.41, 5.74) is 1.94. The van der Waals surface area contributed by atoms with Gasteiger partial charge in [0.15, 0.2) is 0 Å². The highest BCUT2D eigenvalue weighted by molar-refractivity contribution is 5.39. The summed E-state index contributed by atoms with van der Waals surface area (Å²) in [7, 11) is 0. The SMILES string of the molecule is CC(C)CCCc1cc(OC(F)(F)F)ccc1C(C)(C)C. The van der Waals surface area contributed by atoms with Crippen molar-refractivity contribution in [1.29, 1.82) is 0 Å². The third-order valence-corrected chi connectivity index (χ3v) is 3.35. The van der Waals surface area contributed by atoms with Crippen LogP contribution in [0.2, 0.25) is 0 Å². The van der Waals surface area contributed by atoms with Crippen molar-refractivity contribution in [1.82, 2.24) is 0 Å². The van der Waals surface area contributed by atoms with Crippen molar-refractivity contribution in [2.75, 3.05) is 0 Å². The van der Waals surface area contributed by atoms with Gasteiger partial charge in [0.25, 0.3) is 0 Å². The Morgan fingerprint density at radius 1 is 1.10 bits per heavy atom. The topological polar surface area (TPSA) is 9.23 Å². The lowest BCUT2D eigenvalue weighted by molar-refractivity contribution is -0.274. The molecular formula is C17H25F3O. The highest BCUT2D eigenvalue weighted by Crippen LogP contribution is 2.32. The van der Waals surface area contributed by atoms with Gasteiger partial charge in [-0.2, -0.15) is 0 Å². The molecule has 1 nitrogen and oxygen atoms in total. The van der Waals surface area contributed by atoms with Crippen LogP contribution >= 0.6 is 0 Å². The van der Waals surface area contributed by atoms with Crippen molar-refractivity contribution in [2.45, 2.75) is 65.7 Å². The van der Waals surface area contributed by atoms with Crippen molar-refractivity contribution < 1.29 is 17.9 Å². The summed E-state index contributed by atoms with van der Waals surface area (Å²) in [6.07, 6.45) is -1.83. The quantitative estimate of drug-likeness (QED) is 0.661. The van der Waals surface area contributed by atoms with E-state index < -0.39 is 6.36 Å². The molecule has 0 aliphatic carbocycles. The Morgan fingerprint density at radius 3 is 2.19 bits per heavy atom. The van der Waals surface area contributed by atoms with Gasteiger partial charge in [0, 0.05) is 0 Å². The molecule has 0 fully saturated rings. The molecule has 120 valence electrons. The van der Waals surface area contributed by atoms with Crippen LogP contribution in [0.1, 0.15) is 58.6 Å². The number of hydrogen-bond donors (Lipinski definition) is 0. The largest absolute Gasteiger partial charge is 0.573 e. The van der Waals surface area contributed by atoms with Gasteiger partial charge in [-0.3, -0.25) is 0 Å². The minimum absolute atomic E-state index is 0.0933. The van der Waals surface area contributed by atoms with Crippen molar-refractivity contribution in [3.63, 3.8) is 0 Å². The number of aryl methyl sites for hydroxylation is 1. The molecule has 0 saturated heterocycles. The van der Waals surface area contributed by atoms with E-state index in [-0.39, 0.29) is 11.2 Å². The Hall–Kier alpha value is -1.19. The first-order valence-electron chi connectivity index (χ1n) is 7.38. The van der Waals surface area contributed by atoms with Crippen LogP contribution in [0.4, 0.5) is 13.2 Å². The fourth-order valence-corrected chi connectivity index (χ4v) is 2.41. The fourth-order valence-electron chi connectivity index (χ4n) is 2.41. The monoisotopic (exact) mass is 302 g/mol. The molecule has 21 heavy (non-hydrogen) atoms. The van der Waals surface area contributed by atoms with E-state index in [1.807, 2.05) is 0 Å². The molecule has 0 unspecified atom stereocenters. The number of hydrogen-bond acceptors (Lipinski definition) is 1. The molecule has 0 aliphatic rings.